The van der Waals surface area contributed by atoms with Gasteiger partial charge in [-0.25, -0.2) is 0 Å². The molecule has 4 nitrogen and oxygen atoms in total. The SMILES string of the molecule is C=C/C=C\c1c[nH]c(=C\OC)/c(=C\C=C\OC)c1=O. The van der Waals surface area contributed by atoms with E-state index in [2.05, 4.69) is 11.6 Å². The molecule has 0 radical (unpaired) electrons. The van der Waals surface area contributed by atoms with Gasteiger partial charge in [0.25, 0.3) is 0 Å². The fraction of sp³-hybridized carbons (Fsp3) is 0.133. The Balaban J connectivity index is 3.54. The summed E-state index contributed by atoms with van der Waals surface area (Å²) >= 11 is 0. The van der Waals surface area contributed by atoms with Crippen molar-refractivity contribution in [2.75, 3.05) is 14.2 Å². The van der Waals surface area contributed by atoms with Crippen LogP contribution in [0.15, 0.2) is 42.1 Å². The lowest BCUT2D eigenvalue weighted by Gasteiger charge is -1.95. The molecule has 0 atom stereocenters. The van der Waals surface area contributed by atoms with Crippen LogP contribution in [0.4, 0.5) is 0 Å². The van der Waals surface area contributed by atoms with E-state index in [9.17, 15) is 4.79 Å². The fourth-order valence-corrected chi connectivity index (χ4v) is 1.47. The second-order valence-corrected chi connectivity index (χ2v) is 3.58. The zero-order valence-electron chi connectivity index (χ0n) is 11.1. The van der Waals surface area contributed by atoms with Crippen LogP contribution in [0.2, 0.25) is 0 Å². The maximum atomic E-state index is 12.3. The van der Waals surface area contributed by atoms with Crippen molar-refractivity contribution in [1.29, 1.82) is 0 Å². The Bertz CT molecular complexity index is 651. The largest absolute Gasteiger partial charge is 0.504 e. The van der Waals surface area contributed by atoms with Crippen molar-refractivity contribution in [3.05, 3.63) is 63.6 Å². The first-order valence-corrected chi connectivity index (χ1v) is 5.68. The lowest BCUT2D eigenvalue weighted by atomic mass is 10.2. The lowest BCUT2D eigenvalue weighted by molar-refractivity contribution is 0.338. The first-order valence-electron chi connectivity index (χ1n) is 5.68. The predicted octanol–water partition coefficient (Wildman–Crippen LogP) is 0.899. The van der Waals surface area contributed by atoms with Gasteiger partial charge in [0, 0.05) is 17.0 Å². The number of aromatic nitrogens is 1. The molecule has 100 valence electrons. The Morgan fingerprint density at radius 1 is 1.26 bits per heavy atom. The maximum Gasteiger partial charge on any atom is 0.196 e. The van der Waals surface area contributed by atoms with Gasteiger partial charge in [0.2, 0.25) is 0 Å². The highest BCUT2D eigenvalue weighted by molar-refractivity contribution is 5.51. The van der Waals surface area contributed by atoms with Gasteiger partial charge in [-0.3, -0.25) is 4.79 Å². The molecule has 0 fully saturated rings. The summed E-state index contributed by atoms with van der Waals surface area (Å²) in [5, 5.41) is 1.10. The molecule has 0 aliphatic carbocycles. The van der Waals surface area contributed by atoms with Crippen molar-refractivity contribution < 1.29 is 9.47 Å². The number of hydrogen-bond acceptors (Lipinski definition) is 3. The molecule has 0 saturated carbocycles. The van der Waals surface area contributed by atoms with Crippen molar-refractivity contribution in [2.45, 2.75) is 0 Å². The van der Waals surface area contributed by atoms with Crippen LogP contribution < -0.4 is 16.0 Å². The molecular weight excluding hydrogens is 242 g/mol. The molecule has 1 aromatic rings. The van der Waals surface area contributed by atoms with E-state index in [1.54, 1.807) is 43.7 Å². The first kappa shape index (κ1) is 14.6. The van der Waals surface area contributed by atoms with Gasteiger partial charge in [-0.05, 0) is 18.2 Å². The lowest BCUT2D eigenvalue weighted by Crippen LogP contribution is -2.42. The highest BCUT2D eigenvalue weighted by Gasteiger charge is 1.98. The minimum atomic E-state index is -0.0964. The van der Waals surface area contributed by atoms with E-state index >= 15 is 0 Å². The van der Waals surface area contributed by atoms with Gasteiger partial charge in [0.1, 0.15) is 6.26 Å². The molecule has 19 heavy (non-hydrogen) atoms. The summed E-state index contributed by atoms with van der Waals surface area (Å²) in [6.07, 6.45) is 12.9. The number of rotatable bonds is 5. The van der Waals surface area contributed by atoms with Gasteiger partial charge < -0.3 is 14.5 Å². The van der Waals surface area contributed by atoms with Crippen molar-refractivity contribution in [2.24, 2.45) is 0 Å². The fourth-order valence-electron chi connectivity index (χ4n) is 1.47. The van der Waals surface area contributed by atoms with Crippen LogP contribution in [-0.4, -0.2) is 19.2 Å². The summed E-state index contributed by atoms with van der Waals surface area (Å²) in [5.74, 6) is 0. The third kappa shape index (κ3) is 4.03. The normalized spacial score (nSPS) is 13.4. The molecule has 0 aromatic carbocycles. The number of nitrogens with one attached hydrogen (secondary N) is 1. The number of hydrogen-bond donors (Lipinski definition) is 1. The van der Waals surface area contributed by atoms with Crippen molar-refractivity contribution in [1.82, 2.24) is 4.98 Å². The van der Waals surface area contributed by atoms with E-state index in [1.807, 2.05) is 0 Å². The third-order valence-electron chi connectivity index (χ3n) is 2.31. The van der Waals surface area contributed by atoms with Crippen LogP contribution in [-0.2, 0) is 9.47 Å². The number of pyridine rings is 1. The number of H-pyrrole nitrogens is 1. The molecule has 1 aromatic heterocycles. The molecule has 0 aliphatic rings. The smallest absolute Gasteiger partial charge is 0.196 e. The topological polar surface area (TPSA) is 51.3 Å². The van der Waals surface area contributed by atoms with Crippen LogP contribution in [0, 0.1) is 0 Å². The quantitative estimate of drug-likeness (QED) is 0.631. The van der Waals surface area contributed by atoms with E-state index in [0.29, 0.717) is 16.1 Å². The highest BCUT2D eigenvalue weighted by atomic mass is 16.5. The van der Waals surface area contributed by atoms with E-state index in [1.165, 1.54) is 19.6 Å². The van der Waals surface area contributed by atoms with Crippen molar-refractivity contribution in [3.63, 3.8) is 0 Å². The number of allylic oxidation sites excluding steroid dienone is 3. The Morgan fingerprint density at radius 3 is 2.68 bits per heavy atom. The average molecular weight is 259 g/mol. The zero-order valence-corrected chi connectivity index (χ0v) is 11.1. The highest BCUT2D eigenvalue weighted by Crippen LogP contribution is 1.89. The van der Waals surface area contributed by atoms with Crippen molar-refractivity contribution >= 4 is 18.4 Å². The summed E-state index contributed by atoms with van der Waals surface area (Å²) in [6, 6.07) is 0. The monoisotopic (exact) mass is 259 g/mol. The third-order valence-corrected chi connectivity index (χ3v) is 2.31. The van der Waals surface area contributed by atoms with Gasteiger partial charge in [0.15, 0.2) is 5.43 Å². The van der Waals surface area contributed by atoms with Crippen LogP contribution in [0.5, 0.6) is 0 Å². The molecular formula is C15H17NO3. The summed E-state index contributed by atoms with van der Waals surface area (Å²) in [5.41, 5.74) is 0.450. The number of aromatic amines is 1. The summed E-state index contributed by atoms with van der Waals surface area (Å²) < 4.78 is 9.75. The molecule has 1 heterocycles. The van der Waals surface area contributed by atoms with E-state index in [-0.39, 0.29) is 5.43 Å². The second-order valence-electron chi connectivity index (χ2n) is 3.58. The van der Waals surface area contributed by atoms with Gasteiger partial charge in [-0.15, -0.1) is 0 Å². The Hall–Kier alpha value is -2.49. The van der Waals surface area contributed by atoms with Gasteiger partial charge in [0.05, 0.1) is 25.8 Å². The van der Waals surface area contributed by atoms with E-state index in [4.69, 9.17) is 9.47 Å². The van der Waals surface area contributed by atoms with Crippen molar-refractivity contribution in [3.8, 4) is 0 Å². The summed E-state index contributed by atoms with van der Waals surface area (Å²) in [4.78, 5) is 15.3. The zero-order chi connectivity index (χ0) is 14.1. The van der Waals surface area contributed by atoms with Crippen LogP contribution >= 0.6 is 0 Å². The minimum Gasteiger partial charge on any atom is -0.504 e. The Kier molecular flexibility index (Phi) is 5.95. The molecule has 1 rings (SSSR count). The Morgan fingerprint density at radius 2 is 2.05 bits per heavy atom. The predicted molar refractivity (Wildman–Crippen MR) is 77.6 cm³/mol. The maximum absolute atomic E-state index is 12.3. The summed E-state index contributed by atoms with van der Waals surface area (Å²) in [7, 11) is 3.07. The van der Waals surface area contributed by atoms with E-state index < -0.39 is 0 Å². The first-order chi connectivity index (χ1) is 9.24. The van der Waals surface area contributed by atoms with Gasteiger partial charge >= 0.3 is 0 Å². The molecule has 0 saturated heterocycles. The standard InChI is InChI=1S/C15H17NO3/c1-4-5-7-12-10-16-14(11-19-3)13(15(12)17)8-6-9-18-2/h4-11,16H,1H2,2-3H3/b7-5-,9-6+,13-8+,14-11-. The minimum absolute atomic E-state index is 0.0964. The molecule has 0 aliphatic heterocycles. The van der Waals surface area contributed by atoms with Gasteiger partial charge in [-0.1, -0.05) is 18.7 Å². The van der Waals surface area contributed by atoms with Crippen LogP contribution in [0.3, 0.4) is 0 Å². The molecule has 0 amide bonds. The molecule has 1 N–H and O–H groups in total. The molecule has 0 spiro atoms. The summed E-state index contributed by atoms with van der Waals surface area (Å²) in [6.45, 7) is 3.57. The number of ether oxygens (including phenoxy) is 2. The number of methoxy groups -OCH3 is 2. The average Bonchev–Trinajstić information content (AvgIpc) is 2.41. The second kappa shape index (κ2) is 7.76. The Labute approximate surface area is 111 Å². The van der Waals surface area contributed by atoms with E-state index in [0.717, 1.165) is 0 Å². The van der Waals surface area contributed by atoms with Crippen LogP contribution in [0.1, 0.15) is 5.56 Å². The molecule has 0 unspecified atom stereocenters. The molecule has 0 bridgehead atoms. The van der Waals surface area contributed by atoms with Gasteiger partial charge in [-0.2, -0.15) is 0 Å². The molecule has 4 heteroatoms. The van der Waals surface area contributed by atoms with Crippen LogP contribution in [0.25, 0.3) is 18.4 Å².